The van der Waals surface area contributed by atoms with Crippen molar-refractivity contribution >= 4 is 5.69 Å². The largest absolute Gasteiger partial charge is 0.399 e. The summed E-state index contributed by atoms with van der Waals surface area (Å²) in [4.78, 5) is 0. The summed E-state index contributed by atoms with van der Waals surface area (Å²) < 4.78 is 0. The monoisotopic (exact) mass is 207 g/mol. The lowest BCUT2D eigenvalue weighted by Gasteiger charge is -2.17. The van der Waals surface area contributed by atoms with Gasteiger partial charge in [0.2, 0.25) is 0 Å². The minimum absolute atomic E-state index is 0.376. The van der Waals surface area contributed by atoms with E-state index in [9.17, 15) is 5.11 Å². The van der Waals surface area contributed by atoms with E-state index >= 15 is 0 Å². The Labute approximate surface area is 92.1 Å². The van der Waals surface area contributed by atoms with Gasteiger partial charge in [0.05, 0.1) is 6.10 Å². The highest BCUT2D eigenvalue weighted by molar-refractivity contribution is 5.41. The SMILES string of the molecule is CCC(CC)CC(O)c1cccc(N)c1. The first-order valence-electron chi connectivity index (χ1n) is 5.70. The zero-order valence-electron chi connectivity index (χ0n) is 9.61. The molecule has 0 fully saturated rings. The Hall–Kier alpha value is -1.02. The number of hydrogen-bond donors (Lipinski definition) is 2. The number of benzene rings is 1. The number of nitrogens with two attached hydrogens (primary N) is 1. The lowest BCUT2D eigenvalue weighted by molar-refractivity contribution is 0.141. The van der Waals surface area contributed by atoms with Crippen molar-refractivity contribution in [2.75, 3.05) is 5.73 Å². The maximum atomic E-state index is 10.0. The molecular weight excluding hydrogens is 186 g/mol. The standard InChI is InChI=1S/C13H21NO/c1-3-10(4-2)8-13(15)11-6-5-7-12(14)9-11/h5-7,9-10,13,15H,3-4,8,14H2,1-2H3. The summed E-state index contributed by atoms with van der Waals surface area (Å²) in [7, 11) is 0. The molecule has 0 saturated heterocycles. The molecule has 0 bridgehead atoms. The first-order chi connectivity index (χ1) is 7.17. The van der Waals surface area contributed by atoms with Crippen molar-refractivity contribution in [1.29, 1.82) is 0 Å². The van der Waals surface area contributed by atoms with Gasteiger partial charge in [-0.15, -0.1) is 0 Å². The van der Waals surface area contributed by atoms with Gasteiger partial charge in [0.1, 0.15) is 0 Å². The van der Waals surface area contributed by atoms with Crippen molar-refractivity contribution in [3.63, 3.8) is 0 Å². The molecule has 1 aromatic rings. The summed E-state index contributed by atoms with van der Waals surface area (Å²) in [5, 5.41) is 10.0. The highest BCUT2D eigenvalue weighted by atomic mass is 16.3. The second kappa shape index (κ2) is 5.76. The number of aliphatic hydroxyl groups is 1. The van der Waals surface area contributed by atoms with Crippen molar-refractivity contribution in [2.24, 2.45) is 5.92 Å². The Morgan fingerprint density at radius 3 is 2.47 bits per heavy atom. The van der Waals surface area contributed by atoms with Crippen LogP contribution in [0.25, 0.3) is 0 Å². The number of anilines is 1. The van der Waals surface area contributed by atoms with E-state index in [0.717, 1.165) is 30.5 Å². The molecule has 0 aromatic heterocycles. The molecule has 84 valence electrons. The maximum Gasteiger partial charge on any atom is 0.0793 e. The number of nitrogen functional groups attached to an aromatic ring is 1. The third kappa shape index (κ3) is 3.56. The van der Waals surface area contributed by atoms with Crippen LogP contribution >= 0.6 is 0 Å². The summed E-state index contributed by atoms with van der Waals surface area (Å²) in [6.45, 7) is 4.33. The van der Waals surface area contributed by atoms with Crippen molar-refractivity contribution in [2.45, 2.75) is 39.2 Å². The summed E-state index contributed by atoms with van der Waals surface area (Å²) in [6.07, 6.45) is 2.70. The average molecular weight is 207 g/mol. The second-order valence-electron chi connectivity index (χ2n) is 4.10. The van der Waals surface area contributed by atoms with E-state index in [2.05, 4.69) is 13.8 Å². The lowest BCUT2D eigenvalue weighted by atomic mass is 9.93. The molecule has 0 aliphatic heterocycles. The van der Waals surface area contributed by atoms with Crippen LogP contribution in [-0.4, -0.2) is 5.11 Å². The Bertz CT molecular complexity index is 294. The van der Waals surface area contributed by atoms with Crippen LogP contribution in [0.2, 0.25) is 0 Å². The average Bonchev–Trinajstić information content (AvgIpc) is 2.25. The molecule has 3 N–H and O–H groups in total. The molecule has 0 heterocycles. The summed E-state index contributed by atoms with van der Waals surface area (Å²) >= 11 is 0. The molecule has 1 unspecified atom stereocenters. The molecule has 0 saturated carbocycles. The van der Waals surface area contributed by atoms with Crippen LogP contribution in [-0.2, 0) is 0 Å². The zero-order valence-corrected chi connectivity index (χ0v) is 9.61. The van der Waals surface area contributed by atoms with Gasteiger partial charge in [0.25, 0.3) is 0 Å². The van der Waals surface area contributed by atoms with Crippen LogP contribution < -0.4 is 5.73 Å². The Kier molecular flexibility index (Phi) is 4.63. The molecule has 0 aliphatic carbocycles. The Balaban J connectivity index is 2.64. The first-order valence-corrected chi connectivity index (χ1v) is 5.70. The number of aliphatic hydroxyl groups excluding tert-OH is 1. The fourth-order valence-electron chi connectivity index (χ4n) is 1.84. The first kappa shape index (κ1) is 12.1. The molecule has 1 aromatic carbocycles. The van der Waals surface area contributed by atoms with Gasteiger partial charge in [0.15, 0.2) is 0 Å². The quantitative estimate of drug-likeness (QED) is 0.729. The van der Waals surface area contributed by atoms with Gasteiger partial charge in [-0.1, -0.05) is 38.8 Å². The van der Waals surface area contributed by atoms with Gasteiger partial charge >= 0.3 is 0 Å². The predicted molar refractivity (Wildman–Crippen MR) is 64.5 cm³/mol. The minimum Gasteiger partial charge on any atom is -0.399 e. The fraction of sp³-hybridized carbons (Fsp3) is 0.538. The lowest BCUT2D eigenvalue weighted by Crippen LogP contribution is -2.06. The molecular formula is C13H21NO. The molecule has 0 amide bonds. The number of hydrogen-bond acceptors (Lipinski definition) is 2. The summed E-state index contributed by atoms with van der Waals surface area (Å²) in [5.74, 6) is 0.599. The minimum atomic E-state index is -0.376. The van der Waals surface area contributed by atoms with Crippen LogP contribution in [0.4, 0.5) is 5.69 Å². The van der Waals surface area contributed by atoms with E-state index in [1.54, 1.807) is 0 Å². The van der Waals surface area contributed by atoms with E-state index in [4.69, 9.17) is 5.73 Å². The maximum absolute atomic E-state index is 10.0. The predicted octanol–water partition coefficient (Wildman–Crippen LogP) is 3.13. The van der Waals surface area contributed by atoms with E-state index < -0.39 is 0 Å². The molecule has 0 aliphatic rings. The molecule has 2 heteroatoms. The molecule has 15 heavy (non-hydrogen) atoms. The van der Waals surface area contributed by atoms with E-state index in [1.807, 2.05) is 24.3 Å². The van der Waals surface area contributed by atoms with E-state index in [0.29, 0.717) is 5.92 Å². The summed E-state index contributed by atoms with van der Waals surface area (Å²) in [5.41, 5.74) is 7.33. The third-order valence-electron chi connectivity index (χ3n) is 3.01. The zero-order chi connectivity index (χ0) is 11.3. The van der Waals surface area contributed by atoms with Crippen LogP contribution in [0, 0.1) is 5.92 Å². The van der Waals surface area contributed by atoms with Crippen LogP contribution in [0.5, 0.6) is 0 Å². The molecule has 2 nitrogen and oxygen atoms in total. The van der Waals surface area contributed by atoms with Gasteiger partial charge < -0.3 is 10.8 Å². The third-order valence-corrected chi connectivity index (χ3v) is 3.01. The van der Waals surface area contributed by atoms with E-state index in [-0.39, 0.29) is 6.10 Å². The van der Waals surface area contributed by atoms with Gasteiger partial charge in [-0.25, -0.2) is 0 Å². The van der Waals surface area contributed by atoms with Gasteiger partial charge in [0, 0.05) is 5.69 Å². The van der Waals surface area contributed by atoms with Crippen LogP contribution in [0.15, 0.2) is 24.3 Å². The Morgan fingerprint density at radius 2 is 1.93 bits per heavy atom. The molecule has 0 radical (unpaired) electrons. The molecule has 0 spiro atoms. The normalized spacial score (nSPS) is 13.1. The van der Waals surface area contributed by atoms with Gasteiger partial charge in [-0.3, -0.25) is 0 Å². The van der Waals surface area contributed by atoms with Gasteiger partial charge in [-0.05, 0) is 30.0 Å². The summed E-state index contributed by atoms with van der Waals surface area (Å²) in [6, 6.07) is 7.52. The second-order valence-corrected chi connectivity index (χ2v) is 4.10. The smallest absolute Gasteiger partial charge is 0.0793 e. The van der Waals surface area contributed by atoms with Crippen LogP contribution in [0.3, 0.4) is 0 Å². The van der Waals surface area contributed by atoms with Crippen molar-refractivity contribution in [3.8, 4) is 0 Å². The fourth-order valence-corrected chi connectivity index (χ4v) is 1.84. The highest BCUT2D eigenvalue weighted by Crippen LogP contribution is 2.25. The Morgan fingerprint density at radius 1 is 1.27 bits per heavy atom. The highest BCUT2D eigenvalue weighted by Gasteiger charge is 2.13. The van der Waals surface area contributed by atoms with Crippen molar-refractivity contribution in [3.05, 3.63) is 29.8 Å². The molecule has 1 rings (SSSR count). The van der Waals surface area contributed by atoms with Gasteiger partial charge in [-0.2, -0.15) is 0 Å². The topological polar surface area (TPSA) is 46.2 Å². The molecule has 1 atom stereocenters. The van der Waals surface area contributed by atoms with E-state index in [1.165, 1.54) is 0 Å². The van der Waals surface area contributed by atoms with Crippen molar-refractivity contribution in [1.82, 2.24) is 0 Å². The van der Waals surface area contributed by atoms with Crippen LogP contribution in [0.1, 0.15) is 44.8 Å². The van der Waals surface area contributed by atoms with Crippen molar-refractivity contribution < 1.29 is 5.11 Å². The number of rotatable bonds is 5.